The van der Waals surface area contributed by atoms with Crippen LogP contribution in [-0.4, -0.2) is 12.6 Å². The molecule has 1 aromatic carbocycles. The second-order valence-electron chi connectivity index (χ2n) is 5.19. The van der Waals surface area contributed by atoms with Crippen LogP contribution in [0.2, 0.25) is 0 Å². The third-order valence-corrected chi connectivity index (χ3v) is 3.82. The lowest BCUT2D eigenvalue weighted by atomic mass is 9.89. The van der Waals surface area contributed by atoms with Gasteiger partial charge < -0.3 is 5.32 Å². The van der Waals surface area contributed by atoms with Crippen LogP contribution in [0.5, 0.6) is 0 Å². The molecule has 2 atom stereocenters. The van der Waals surface area contributed by atoms with Crippen molar-refractivity contribution in [2.75, 3.05) is 6.54 Å². The molecule has 1 nitrogen and oxygen atoms in total. The summed E-state index contributed by atoms with van der Waals surface area (Å²) in [5.74, 6) is 1.36. The molecule has 0 aliphatic carbocycles. The Morgan fingerprint density at radius 2 is 1.94 bits per heavy atom. The van der Waals surface area contributed by atoms with Gasteiger partial charge in [-0.2, -0.15) is 0 Å². The minimum Gasteiger partial charge on any atom is -0.313 e. The number of benzene rings is 1. The summed E-state index contributed by atoms with van der Waals surface area (Å²) >= 11 is 0. The van der Waals surface area contributed by atoms with E-state index >= 15 is 0 Å². The smallest absolute Gasteiger partial charge is 0.0134 e. The molecule has 1 aliphatic rings. The normalized spacial score (nSPS) is 25.2. The minimum absolute atomic E-state index is 0.637. The molecule has 16 heavy (non-hydrogen) atoms. The van der Waals surface area contributed by atoms with Gasteiger partial charge in [0.1, 0.15) is 0 Å². The van der Waals surface area contributed by atoms with Crippen LogP contribution in [0.4, 0.5) is 0 Å². The van der Waals surface area contributed by atoms with Gasteiger partial charge in [0.15, 0.2) is 0 Å². The average molecular weight is 217 g/mol. The standard InChI is InChI=1S/C15H23N/c1-4-15-14(9-10-16-15)13-7-5-12(6-8-13)11(2)3/h5-8,11,14-16H,4,9-10H2,1-3H3. The summed E-state index contributed by atoms with van der Waals surface area (Å²) < 4.78 is 0. The van der Waals surface area contributed by atoms with Gasteiger partial charge in [0, 0.05) is 12.0 Å². The Morgan fingerprint density at radius 3 is 2.50 bits per heavy atom. The first-order valence-corrected chi connectivity index (χ1v) is 6.55. The molecular formula is C15H23N. The van der Waals surface area contributed by atoms with Gasteiger partial charge in [0.05, 0.1) is 0 Å². The fourth-order valence-electron chi connectivity index (χ4n) is 2.72. The molecule has 1 aromatic rings. The maximum absolute atomic E-state index is 3.59. The second-order valence-corrected chi connectivity index (χ2v) is 5.19. The van der Waals surface area contributed by atoms with Crippen molar-refractivity contribution in [3.63, 3.8) is 0 Å². The van der Waals surface area contributed by atoms with Gasteiger partial charge in [-0.25, -0.2) is 0 Å². The molecule has 1 saturated heterocycles. The highest BCUT2D eigenvalue weighted by molar-refractivity contribution is 5.28. The van der Waals surface area contributed by atoms with E-state index in [-0.39, 0.29) is 0 Å². The maximum atomic E-state index is 3.59. The summed E-state index contributed by atoms with van der Waals surface area (Å²) in [6.07, 6.45) is 2.52. The zero-order valence-corrected chi connectivity index (χ0v) is 10.7. The van der Waals surface area contributed by atoms with Crippen LogP contribution in [0.15, 0.2) is 24.3 Å². The number of hydrogen-bond donors (Lipinski definition) is 1. The molecule has 88 valence electrons. The summed E-state index contributed by atoms with van der Waals surface area (Å²) in [7, 11) is 0. The molecule has 2 rings (SSSR count). The van der Waals surface area contributed by atoms with Crippen molar-refractivity contribution in [2.24, 2.45) is 0 Å². The molecule has 0 radical (unpaired) electrons. The lowest BCUT2D eigenvalue weighted by Crippen LogP contribution is -2.24. The van der Waals surface area contributed by atoms with E-state index in [1.165, 1.54) is 30.5 Å². The van der Waals surface area contributed by atoms with Crippen LogP contribution in [0.3, 0.4) is 0 Å². The van der Waals surface area contributed by atoms with Crippen LogP contribution in [0, 0.1) is 0 Å². The molecule has 1 heteroatoms. The molecule has 0 spiro atoms. The van der Waals surface area contributed by atoms with Gasteiger partial charge in [0.2, 0.25) is 0 Å². The summed E-state index contributed by atoms with van der Waals surface area (Å²) in [4.78, 5) is 0. The Morgan fingerprint density at radius 1 is 1.25 bits per heavy atom. The van der Waals surface area contributed by atoms with E-state index in [2.05, 4.69) is 50.4 Å². The van der Waals surface area contributed by atoms with E-state index in [1.807, 2.05) is 0 Å². The molecule has 1 heterocycles. The van der Waals surface area contributed by atoms with Crippen LogP contribution in [-0.2, 0) is 0 Å². The van der Waals surface area contributed by atoms with E-state index in [9.17, 15) is 0 Å². The van der Waals surface area contributed by atoms with Crippen molar-refractivity contribution < 1.29 is 0 Å². The Hall–Kier alpha value is -0.820. The molecule has 1 N–H and O–H groups in total. The molecule has 1 fully saturated rings. The SMILES string of the molecule is CCC1NCCC1c1ccc(C(C)C)cc1. The highest BCUT2D eigenvalue weighted by atomic mass is 14.9. The summed E-state index contributed by atoms with van der Waals surface area (Å²) in [6.45, 7) is 7.95. The maximum Gasteiger partial charge on any atom is 0.0134 e. The first-order chi connectivity index (χ1) is 7.72. The van der Waals surface area contributed by atoms with Gasteiger partial charge in [-0.15, -0.1) is 0 Å². The second kappa shape index (κ2) is 5.01. The summed E-state index contributed by atoms with van der Waals surface area (Å²) in [5, 5.41) is 3.59. The first-order valence-electron chi connectivity index (χ1n) is 6.55. The Kier molecular flexibility index (Phi) is 3.65. The van der Waals surface area contributed by atoms with Gasteiger partial charge in [-0.05, 0) is 36.4 Å². The summed E-state index contributed by atoms with van der Waals surface area (Å²) in [5.41, 5.74) is 2.96. The number of nitrogens with one attached hydrogen (secondary N) is 1. The fourth-order valence-corrected chi connectivity index (χ4v) is 2.72. The molecule has 1 aliphatic heterocycles. The van der Waals surface area contributed by atoms with E-state index in [0.717, 1.165) is 5.92 Å². The average Bonchev–Trinajstić information content (AvgIpc) is 2.77. The Bertz CT molecular complexity index is 326. The third kappa shape index (κ3) is 2.30. The van der Waals surface area contributed by atoms with Gasteiger partial charge in [-0.1, -0.05) is 45.0 Å². The van der Waals surface area contributed by atoms with Crippen LogP contribution >= 0.6 is 0 Å². The molecule has 0 bridgehead atoms. The predicted molar refractivity (Wildman–Crippen MR) is 70.0 cm³/mol. The summed E-state index contributed by atoms with van der Waals surface area (Å²) in [6, 6.07) is 9.94. The van der Waals surface area contributed by atoms with Crippen LogP contribution in [0.1, 0.15) is 56.6 Å². The van der Waals surface area contributed by atoms with Crippen molar-refractivity contribution >= 4 is 0 Å². The van der Waals surface area contributed by atoms with Gasteiger partial charge in [0.25, 0.3) is 0 Å². The van der Waals surface area contributed by atoms with Gasteiger partial charge in [-0.3, -0.25) is 0 Å². The Balaban J connectivity index is 2.15. The van der Waals surface area contributed by atoms with Crippen molar-refractivity contribution in [1.29, 1.82) is 0 Å². The number of rotatable bonds is 3. The first kappa shape index (κ1) is 11.7. The number of hydrogen-bond acceptors (Lipinski definition) is 1. The zero-order valence-electron chi connectivity index (χ0n) is 10.7. The molecular weight excluding hydrogens is 194 g/mol. The molecule has 0 aromatic heterocycles. The van der Waals surface area contributed by atoms with Crippen molar-refractivity contribution in [2.45, 2.75) is 51.5 Å². The predicted octanol–water partition coefficient (Wildman–Crippen LogP) is 3.67. The fraction of sp³-hybridized carbons (Fsp3) is 0.600. The van der Waals surface area contributed by atoms with E-state index in [0.29, 0.717) is 12.0 Å². The molecule has 0 saturated carbocycles. The molecule has 2 unspecified atom stereocenters. The van der Waals surface area contributed by atoms with E-state index in [1.54, 1.807) is 0 Å². The Labute approximate surface area is 99.3 Å². The van der Waals surface area contributed by atoms with Crippen molar-refractivity contribution in [3.8, 4) is 0 Å². The zero-order chi connectivity index (χ0) is 11.5. The lowest BCUT2D eigenvalue weighted by Gasteiger charge is -2.19. The topological polar surface area (TPSA) is 12.0 Å². The highest BCUT2D eigenvalue weighted by Gasteiger charge is 2.26. The third-order valence-electron chi connectivity index (χ3n) is 3.82. The van der Waals surface area contributed by atoms with Crippen molar-refractivity contribution in [1.82, 2.24) is 5.32 Å². The van der Waals surface area contributed by atoms with E-state index < -0.39 is 0 Å². The lowest BCUT2D eigenvalue weighted by molar-refractivity contribution is 0.531. The van der Waals surface area contributed by atoms with E-state index in [4.69, 9.17) is 0 Å². The van der Waals surface area contributed by atoms with Gasteiger partial charge >= 0.3 is 0 Å². The highest BCUT2D eigenvalue weighted by Crippen LogP contribution is 2.30. The van der Waals surface area contributed by atoms with Crippen LogP contribution in [0.25, 0.3) is 0 Å². The minimum atomic E-state index is 0.637. The van der Waals surface area contributed by atoms with Crippen molar-refractivity contribution in [3.05, 3.63) is 35.4 Å². The largest absolute Gasteiger partial charge is 0.313 e. The quantitative estimate of drug-likeness (QED) is 0.814. The van der Waals surface area contributed by atoms with Crippen LogP contribution < -0.4 is 5.32 Å². The monoisotopic (exact) mass is 217 g/mol. The molecule has 0 amide bonds.